The molecule has 0 saturated heterocycles. The Morgan fingerprint density at radius 2 is 1.89 bits per heavy atom. The third kappa shape index (κ3) is 4.36. The summed E-state index contributed by atoms with van der Waals surface area (Å²) in [5.41, 5.74) is 2.78. The van der Waals surface area contributed by atoms with E-state index in [1.165, 1.54) is 0 Å². The van der Waals surface area contributed by atoms with Gasteiger partial charge in [-0.15, -0.1) is 0 Å². The lowest BCUT2D eigenvalue weighted by atomic mass is 10.0. The molecule has 3 rings (SSSR count). The highest BCUT2D eigenvalue weighted by molar-refractivity contribution is 6.06. The molecule has 146 valence electrons. The first-order valence-electron chi connectivity index (χ1n) is 9.14. The number of fused-ring (bicyclic) bond motifs is 1. The fraction of sp³-hybridized carbons (Fsp3) is 0.333. The maximum Gasteiger partial charge on any atom is 0.308 e. The van der Waals surface area contributed by atoms with Crippen LogP contribution in [0.2, 0.25) is 0 Å². The van der Waals surface area contributed by atoms with Crippen LogP contribution in [0.15, 0.2) is 40.9 Å². The Hall–Kier alpha value is -3.22. The van der Waals surface area contributed by atoms with E-state index in [2.05, 4.69) is 15.5 Å². The SMILES string of the molecule is Cc1cc(C(=O)N[C@@H](CC(=O)OC(C)C)c2ccccc2)c2c(C)noc2n1. The predicted octanol–water partition coefficient (Wildman–Crippen LogP) is 3.65. The van der Waals surface area contributed by atoms with Crippen molar-refractivity contribution in [3.05, 3.63) is 58.9 Å². The first kappa shape index (κ1) is 19.5. The van der Waals surface area contributed by atoms with Crippen molar-refractivity contribution in [2.75, 3.05) is 0 Å². The van der Waals surface area contributed by atoms with E-state index in [9.17, 15) is 9.59 Å². The van der Waals surface area contributed by atoms with Crippen LogP contribution in [0.25, 0.3) is 11.1 Å². The first-order chi connectivity index (χ1) is 13.3. The molecule has 1 N–H and O–H groups in total. The fourth-order valence-electron chi connectivity index (χ4n) is 3.05. The van der Waals surface area contributed by atoms with Gasteiger partial charge >= 0.3 is 5.97 Å². The summed E-state index contributed by atoms with van der Waals surface area (Å²) >= 11 is 0. The Morgan fingerprint density at radius 1 is 1.18 bits per heavy atom. The average molecular weight is 381 g/mol. The van der Waals surface area contributed by atoms with Gasteiger partial charge in [0.15, 0.2) is 0 Å². The van der Waals surface area contributed by atoms with Crippen molar-refractivity contribution in [2.24, 2.45) is 0 Å². The van der Waals surface area contributed by atoms with Crippen molar-refractivity contribution in [1.29, 1.82) is 0 Å². The van der Waals surface area contributed by atoms with Gasteiger partial charge in [0.25, 0.3) is 11.6 Å². The largest absolute Gasteiger partial charge is 0.463 e. The molecular formula is C21H23N3O4. The number of aromatic nitrogens is 2. The van der Waals surface area contributed by atoms with Gasteiger partial charge in [-0.2, -0.15) is 0 Å². The number of nitrogens with zero attached hydrogens (tertiary/aromatic N) is 2. The second kappa shape index (κ2) is 8.21. The summed E-state index contributed by atoms with van der Waals surface area (Å²) in [6, 6.07) is 10.5. The summed E-state index contributed by atoms with van der Waals surface area (Å²) in [5.74, 6) is -0.700. The van der Waals surface area contributed by atoms with Crippen LogP contribution in [-0.2, 0) is 9.53 Å². The van der Waals surface area contributed by atoms with Gasteiger partial charge in [0.2, 0.25) is 0 Å². The number of benzene rings is 1. The molecule has 0 aliphatic heterocycles. The molecule has 1 atom stereocenters. The molecule has 0 aliphatic rings. The maximum atomic E-state index is 13.1. The summed E-state index contributed by atoms with van der Waals surface area (Å²) in [6.45, 7) is 7.12. The van der Waals surface area contributed by atoms with Crippen molar-refractivity contribution in [2.45, 2.75) is 46.3 Å². The second-order valence-corrected chi connectivity index (χ2v) is 6.94. The lowest BCUT2D eigenvalue weighted by Crippen LogP contribution is -2.31. The quantitative estimate of drug-likeness (QED) is 0.655. The molecule has 28 heavy (non-hydrogen) atoms. The van der Waals surface area contributed by atoms with E-state index in [0.29, 0.717) is 28.1 Å². The number of carbonyl (C=O) groups excluding carboxylic acids is 2. The summed E-state index contributed by atoms with van der Waals surface area (Å²) < 4.78 is 10.5. The monoisotopic (exact) mass is 381 g/mol. The van der Waals surface area contributed by atoms with E-state index >= 15 is 0 Å². The Kier molecular flexibility index (Phi) is 5.73. The van der Waals surface area contributed by atoms with Crippen molar-refractivity contribution >= 4 is 23.0 Å². The Labute approximate surface area is 163 Å². The average Bonchev–Trinajstić information content (AvgIpc) is 3.01. The predicted molar refractivity (Wildman–Crippen MR) is 104 cm³/mol. The molecule has 2 aromatic heterocycles. The van der Waals surface area contributed by atoms with Crippen LogP contribution in [0.5, 0.6) is 0 Å². The van der Waals surface area contributed by atoms with Crippen molar-refractivity contribution in [3.8, 4) is 0 Å². The number of aryl methyl sites for hydroxylation is 2. The van der Waals surface area contributed by atoms with Crippen LogP contribution in [0, 0.1) is 13.8 Å². The number of carbonyl (C=O) groups is 2. The first-order valence-corrected chi connectivity index (χ1v) is 9.14. The molecule has 1 amide bonds. The molecule has 1 aromatic carbocycles. The van der Waals surface area contributed by atoms with E-state index in [-0.39, 0.29) is 24.4 Å². The lowest BCUT2D eigenvalue weighted by Gasteiger charge is -2.20. The summed E-state index contributed by atoms with van der Waals surface area (Å²) in [4.78, 5) is 29.6. The van der Waals surface area contributed by atoms with Crippen LogP contribution >= 0.6 is 0 Å². The van der Waals surface area contributed by atoms with Crippen molar-refractivity contribution < 1.29 is 18.8 Å². The molecule has 0 saturated carbocycles. The number of hydrogen-bond acceptors (Lipinski definition) is 6. The second-order valence-electron chi connectivity index (χ2n) is 6.94. The molecule has 7 heteroatoms. The van der Waals surface area contributed by atoms with Gasteiger partial charge in [-0.3, -0.25) is 9.59 Å². The zero-order chi connectivity index (χ0) is 20.3. The standard InChI is InChI=1S/C21H23N3O4/c1-12(2)27-18(25)11-17(15-8-6-5-7-9-15)23-20(26)16-10-13(3)22-21-19(16)14(4)24-28-21/h5-10,12,17H,11H2,1-4H3,(H,23,26)/t17-/m0/s1. The normalized spacial score (nSPS) is 12.2. The molecule has 0 spiro atoms. The van der Waals surface area contributed by atoms with Crippen LogP contribution in [0.4, 0.5) is 0 Å². The van der Waals surface area contributed by atoms with E-state index in [4.69, 9.17) is 9.26 Å². The van der Waals surface area contributed by atoms with Crippen molar-refractivity contribution in [3.63, 3.8) is 0 Å². The number of esters is 1. The molecular weight excluding hydrogens is 358 g/mol. The van der Waals surface area contributed by atoms with Gasteiger partial charge in [0, 0.05) is 5.69 Å². The number of nitrogens with one attached hydrogen (secondary N) is 1. The summed E-state index contributed by atoms with van der Waals surface area (Å²) in [5, 5.41) is 7.43. The molecule has 0 unspecified atom stereocenters. The minimum atomic E-state index is -0.524. The number of ether oxygens (including phenoxy) is 1. The Bertz CT molecular complexity index is 996. The lowest BCUT2D eigenvalue weighted by molar-refractivity contribution is -0.147. The number of rotatable bonds is 6. The Balaban J connectivity index is 1.91. The zero-order valence-electron chi connectivity index (χ0n) is 16.4. The topological polar surface area (TPSA) is 94.3 Å². The molecule has 0 bridgehead atoms. The van der Waals surface area contributed by atoms with Gasteiger partial charge in [0.05, 0.1) is 35.2 Å². The smallest absolute Gasteiger partial charge is 0.308 e. The minimum absolute atomic E-state index is 0.0315. The van der Waals surface area contributed by atoms with Crippen molar-refractivity contribution in [1.82, 2.24) is 15.5 Å². The fourth-order valence-corrected chi connectivity index (χ4v) is 3.05. The summed E-state index contributed by atoms with van der Waals surface area (Å²) in [7, 11) is 0. The maximum absolute atomic E-state index is 13.1. The van der Waals surface area contributed by atoms with Gasteiger partial charge in [-0.25, -0.2) is 4.98 Å². The van der Waals surface area contributed by atoms with E-state index < -0.39 is 6.04 Å². The minimum Gasteiger partial charge on any atom is -0.463 e. The zero-order valence-corrected chi connectivity index (χ0v) is 16.4. The van der Waals surface area contributed by atoms with E-state index in [0.717, 1.165) is 5.56 Å². The molecule has 0 fully saturated rings. The van der Waals surface area contributed by atoms with Gasteiger partial charge in [0.1, 0.15) is 0 Å². The van der Waals surface area contributed by atoms with Crippen LogP contribution < -0.4 is 5.32 Å². The molecule has 7 nitrogen and oxygen atoms in total. The number of pyridine rings is 1. The molecule has 3 aromatic rings. The van der Waals surface area contributed by atoms with Crippen LogP contribution in [0.3, 0.4) is 0 Å². The highest BCUT2D eigenvalue weighted by Crippen LogP contribution is 2.24. The molecule has 0 radical (unpaired) electrons. The van der Waals surface area contributed by atoms with E-state index in [1.807, 2.05) is 30.3 Å². The molecule has 0 aliphatic carbocycles. The van der Waals surface area contributed by atoms with E-state index in [1.54, 1.807) is 33.8 Å². The Morgan fingerprint density at radius 3 is 2.57 bits per heavy atom. The van der Waals surface area contributed by atoms with Crippen LogP contribution in [0.1, 0.15) is 53.6 Å². The summed E-state index contributed by atoms with van der Waals surface area (Å²) in [6.07, 6.45) is -0.189. The van der Waals surface area contributed by atoms with Gasteiger partial charge in [-0.1, -0.05) is 35.5 Å². The van der Waals surface area contributed by atoms with Gasteiger partial charge in [-0.05, 0) is 39.3 Å². The highest BCUT2D eigenvalue weighted by Gasteiger charge is 2.23. The molecule has 2 heterocycles. The van der Waals surface area contributed by atoms with Gasteiger partial charge < -0.3 is 14.6 Å². The number of hydrogen-bond donors (Lipinski definition) is 1. The third-order valence-corrected chi connectivity index (χ3v) is 4.24. The highest BCUT2D eigenvalue weighted by atomic mass is 16.5. The van der Waals surface area contributed by atoms with Crippen LogP contribution in [-0.4, -0.2) is 28.1 Å². The number of amides is 1. The third-order valence-electron chi connectivity index (χ3n) is 4.24.